The predicted molar refractivity (Wildman–Crippen MR) is 89.1 cm³/mol. The van der Waals surface area contributed by atoms with Crippen molar-refractivity contribution in [1.29, 1.82) is 0 Å². The molecular formula is C17H33N3O2. The van der Waals surface area contributed by atoms with Crippen LogP contribution in [0.25, 0.3) is 0 Å². The molecule has 2 aliphatic rings. The van der Waals surface area contributed by atoms with E-state index in [-0.39, 0.29) is 12.1 Å². The number of nitrogens with one attached hydrogen (secondary N) is 2. The van der Waals surface area contributed by atoms with Gasteiger partial charge in [0.05, 0.1) is 0 Å². The molecule has 3 atom stereocenters. The number of rotatable bonds is 3. The summed E-state index contributed by atoms with van der Waals surface area (Å²) in [6, 6.07) is 1.37. The topological polar surface area (TPSA) is 53.6 Å². The van der Waals surface area contributed by atoms with E-state index in [4.69, 9.17) is 4.74 Å². The molecule has 2 fully saturated rings. The highest BCUT2D eigenvalue weighted by Gasteiger charge is 2.31. The van der Waals surface area contributed by atoms with Crippen LogP contribution in [0, 0.1) is 0 Å². The number of piperidine rings is 2. The summed E-state index contributed by atoms with van der Waals surface area (Å²) in [7, 11) is 0. The number of hydrogen-bond acceptors (Lipinski definition) is 4. The van der Waals surface area contributed by atoms with E-state index in [0.717, 1.165) is 32.5 Å². The van der Waals surface area contributed by atoms with E-state index in [0.29, 0.717) is 12.1 Å². The molecule has 3 unspecified atom stereocenters. The van der Waals surface area contributed by atoms with Gasteiger partial charge in [-0.2, -0.15) is 0 Å². The van der Waals surface area contributed by atoms with Gasteiger partial charge in [-0.3, -0.25) is 0 Å². The SMILES string of the molecule is CC1CC(NCC2CCCCN2)CCN1C(=O)OC(C)(C)C. The molecule has 0 spiro atoms. The van der Waals surface area contributed by atoms with Crippen molar-refractivity contribution in [2.75, 3.05) is 19.6 Å². The van der Waals surface area contributed by atoms with Gasteiger partial charge in [0.1, 0.15) is 5.60 Å². The summed E-state index contributed by atoms with van der Waals surface area (Å²) in [6.07, 6.45) is 5.77. The molecule has 5 heteroatoms. The molecule has 2 N–H and O–H groups in total. The highest BCUT2D eigenvalue weighted by atomic mass is 16.6. The minimum Gasteiger partial charge on any atom is -0.444 e. The Balaban J connectivity index is 1.73. The van der Waals surface area contributed by atoms with Crippen LogP contribution in [0.4, 0.5) is 4.79 Å². The lowest BCUT2D eigenvalue weighted by atomic mass is 9.97. The van der Waals surface area contributed by atoms with Gasteiger partial charge < -0.3 is 20.3 Å². The Kier molecular flexibility index (Phi) is 6.09. The molecule has 5 nitrogen and oxygen atoms in total. The van der Waals surface area contributed by atoms with E-state index in [1.165, 1.54) is 19.3 Å². The summed E-state index contributed by atoms with van der Waals surface area (Å²) in [5.74, 6) is 0. The van der Waals surface area contributed by atoms with Crippen LogP contribution in [-0.4, -0.2) is 54.4 Å². The molecule has 128 valence electrons. The normalized spacial score (nSPS) is 30.2. The fourth-order valence-corrected chi connectivity index (χ4v) is 3.36. The van der Waals surface area contributed by atoms with Gasteiger partial charge in [-0.1, -0.05) is 6.42 Å². The molecule has 0 aromatic carbocycles. The highest BCUT2D eigenvalue weighted by molar-refractivity contribution is 5.68. The summed E-state index contributed by atoms with van der Waals surface area (Å²) in [4.78, 5) is 14.1. The molecule has 0 saturated carbocycles. The van der Waals surface area contributed by atoms with Crippen molar-refractivity contribution in [2.45, 2.75) is 83.5 Å². The van der Waals surface area contributed by atoms with E-state index < -0.39 is 5.60 Å². The van der Waals surface area contributed by atoms with Crippen LogP contribution in [0.5, 0.6) is 0 Å². The molecule has 1 amide bonds. The second-order valence-corrected chi connectivity index (χ2v) is 7.80. The van der Waals surface area contributed by atoms with E-state index in [1.807, 2.05) is 25.7 Å². The standard InChI is InChI=1S/C17H33N3O2/c1-13-11-14(19-12-15-7-5-6-9-18-15)8-10-20(13)16(21)22-17(2,3)4/h13-15,18-19H,5-12H2,1-4H3. The Bertz CT molecular complexity index is 361. The van der Waals surface area contributed by atoms with Gasteiger partial charge in [-0.15, -0.1) is 0 Å². The Hall–Kier alpha value is -0.810. The smallest absolute Gasteiger partial charge is 0.410 e. The van der Waals surface area contributed by atoms with Gasteiger partial charge in [0.15, 0.2) is 0 Å². The second kappa shape index (κ2) is 7.64. The highest BCUT2D eigenvalue weighted by Crippen LogP contribution is 2.20. The first-order chi connectivity index (χ1) is 10.3. The average molecular weight is 311 g/mol. The molecule has 22 heavy (non-hydrogen) atoms. The first kappa shape index (κ1) is 17.5. The average Bonchev–Trinajstić information content (AvgIpc) is 2.44. The van der Waals surface area contributed by atoms with Crippen molar-refractivity contribution in [3.63, 3.8) is 0 Å². The van der Waals surface area contributed by atoms with Crippen LogP contribution in [-0.2, 0) is 4.74 Å². The first-order valence-corrected chi connectivity index (χ1v) is 8.81. The number of carbonyl (C=O) groups excluding carboxylic acids is 1. The van der Waals surface area contributed by atoms with Crippen LogP contribution in [0.2, 0.25) is 0 Å². The monoisotopic (exact) mass is 311 g/mol. The van der Waals surface area contributed by atoms with Crippen LogP contribution >= 0.6 is 0 Å². The third kappa shape index (κ3) is 5.43. The molecule has 0 aromatic heterocycles. The lowest BCUT2D eigenvalue weighted by Crippen LogP contribution is -2.53. The summed E-state index contributed by atoms with van der Waals surface area (Å²) in [5, 5.41) is 7.26. The fourth-order valence-electron chi connectivity index (χ4n) is 3.36. The Morgan fingerprint density at radius 2 is 2.09 bits per heavy atom. The predicted octanol–water partition coefficient (Wildman–Crippen LogP) is 2.51. The van der Waals surface area contributed by atoms with Crippen molar-refractivity contribution in [2.24, 2.45) is 0 Å². The summed E-state index contributed by atoms with van der Waals surface area (Å²) in [5.41, 5.74) is -0.418. The maximum absolute atomic E-state index is 12.2. The zero-order valence-corrected chi connectivity index (χ0v) is 14.7. The number of amides is 1. The molecule has 0 aliphatic carbocycles. The van der Waals surface area contributed by atoms with Crippen molar-refractivity contribution in [1.82, 2.24) is 15.5 Å². The quantitative estimate of drug-likeness (QED) is 0.841. The molecule has 2 aliphatic heterocycles. The fraction of sp³-hybridized carbons (Fsp3) is 0.941. The van der Waals surface area contributed by atoms with Gasteiger partial charge in [-0.25, -0.2) is 4.79 Å². The van der Waals surface area contributed by atoms with Gasteiger partial charge >= 0.3 is 6.09 Å². The number of nitrogens with zero attached hydrogens (tertiary/aromatic N) is 1. The van der Waals surface area contributed by atoms with Crippen LogP contribution in [0.3, 0.4) is 0 Å². The number of hydrogen-bond donors (Lipinski definition) is 2. The van der Waals surface area contributed by atoms with E-state index in [9.17, 15) is 4.79 Å². The number of likely N-dealkylation sites (tertiary alicyclic amines) is 1. The maximum atomic E-state index is 12.2. The number of ether oxygens (including phenoxy) is 1. The van der Waals surface area contributed by atoms with Gasteiger partial charge in [0.2, 0.25) is 0 Å². The maximum Gasteiger partial charge on any atom is 0.410 e. The molecule has 2 saturated heterocycles. The van der Waals surface area contributed by atoms with E-state index in [1.54, 1.807) is 0 Å². The first-order valence-electron chi connectivity index (χ1n) is 8.81. The van der Waals surface area contributed by atoms with Gasteiger partial charge in [-0.05, 0) is 59.9 Å². The van der Waals surface area contributed by atoms with Gasteiger partial charge in [0, 0.05) is 31.2 Å². The summed E-state index contributed by atoms with van der Waals surface area (Å²) in [6.45, 7) is 10.9. The zero-order valence-electron chi connectivity index (χ0n) is 14.7. The Morgan fingerprint density at radius 3 is 2.68 bits per heavy atom. The molecule has 2 rings (SSSR count). The van der Waals surface area contributed by atoms with Crippen LogP contribution < -0.4 is 10.6 Å². The van der Waals surface area contributed by atoms with Gasteiger partial charge in [0.25, 0.3) is 0 Å². The van der Waals surface area contributed by atoms with Crippen molar-refractivity contribution < 1.29 is 9.53 Å². The van der Waals surface area contributed by atoms with Crippen molar-refractivity contribution in [3.05, 3.63) is 0 Å². The third-order valence-electron chi connectivity index (χ3n) is 4.57. The van der Waals surface area contributed by atoms with Crippen LogP contribution in [0.15, 0.2) is 0 Å². The molecule has 0 bridgehead atoms. The number of carbonyl (C=O) groups is 1. The minimum absolute atomic E-state index is 0.174. The second-order valence-electron chi connectivity index (χ2n) is 7.80. The van der Waals surface area contributed by atoms with E-state index >= 15 is 0 Å². The lowest BCUT2D eigenvalue weighted by molar-refractivity contribution is 0.00929. The molecule has 0 radical (unpaired) electrons. The Morgan fingerprint density at radius 1 is 1.32 bits per heavy atom. The molecule has 0 aromatic rings. The largest absolute Gasteiger partial charge is 0.444 e. The Labute approximate surface area is 135 Å². The lowest BCUT2D eigenvalue weighted by Gasteiger charge is -2.39. The molecule has 2 heterocycles. The van der Waals surface area contributed by atoms with E-state index in [2.05, 4.69) is 17.6 Å². The summed E-state index contributed by atoms with van der Waals surface area (Å²) >= 11 is 0. The van der Waals surface area contributed by atoms with Crippen LogP contribution in [0.1, 0.15) is 59.8 Å². The third-order valence-corrected chi connectivity index (χ3v) is 4.57. The zero-order chi connectivity index (χ0) is 16.2. The van der Waals surface area contributed by atoms with Crippen molar-refractivity contribution in [3.8, 4) is 0 Å². The molecular weight excluding hydrogens is 278 g/mol. The summed E-state index contributed by atoms with van der Waals surface area (Å²) < 4.78 is 5.49. The van der Waals surface area contributed by atoms with Crippen molar-refractivity contribution >= 4 is 6.09 Å². The minimum atomic E-state index is -0.418.